The van der Waals surface area contributed by atoms with E-state index >= 15 is 0 Å². The smallest absolute Gasteiger partial charge is 0.303 e. The van der Waals surface area contributed by atoms with E-state index < -0.39 is 6.18 Å². The van der Waals surface area contributed by atoms with Crippen LogP contribution in [0.4, 0.5) is 13.2 Å². The van der Waals surface area contributed by atoms with Gasteiger partial charge >= 0.3 is 6.18 Å². The summed E-state index contributed by atoms with van der Waals surface area (Å²) in [6, 6.07) is 0. The highest BCUT2D eigenvalue weighted by atomic mass is 19.4. The van der Waals surface area contributed by atoms with Crippen LogP contribution in [-0.2, 0) is 4.79 Å². The van der Waals surface area contributed by atoms with Crippen molar-refractivity contribution in [3.8, 4) is 0 Å². The Morgan fingerprint density at radius 2 is 1.31 bits per heavy atom. The van der Waals surface area contributed by atoms with Gasteiger partial charge in [-0.3, -0.25) is 0 Å². The zero-order valence-corrected chi connectivity index (χ0v) is 9.43. The first-order chi connectivity index (χ1) is 7.56. The second kappa shape index (κ2) is 9.43. The van der Waals surface area contributed by atoms with Gasteiger partial charge in [0.25, 0.3) is 0 Å². The van der Waals surface area contributed by atoms with Crippen LogP contribution in [0.25, 0.3) is 0 Å². The quantitative estimate of drug-likeness (QED) is 0.329. The normalized spacial score (nSPS) is 12.2. The second-order valence-electron chi connectivity index (χ2n) is 3.81. The molecule has 0 aromatic rings. The van der Waals surface area contributed by atoms with Crippen LogP contribution < -0.4 is 0 Å². The van der Waals surface area contributed by atoms with Gasteiger partial charge in [0, 0.05) is 12.5 Å². The first kappa shape index (κ1) is 15.2. The van der Waals surface area contributed by atoms with E-state index in [1.165, 1.54) is 6.08 Å². The van der Waals surface area contributed by atoms with Crippen molar-refractivity contribution >= 4 is 6.29 Å². The highest BCUT2D eigenvalue weighted by molar-refractivity contribution is 5.48. The van der Waals surface area contributed by atoms with Gasteiger partial charge in [-0.05, 0) is 19.3 Å². The predicted molar refractivity (Wildman–Crippen MR) is 58.2 cm³/mol. The molecule has 0 unspecified atom stereocenters. The van der Waals surface area contributed by atoms with E-state index in [4.69, 9.17) is 0 Å². The third-order valence-corrected chi connectivity index (χ3v) is 2.25. The summed E-state index contributed by atoms with van der Waals surface area (Å²) in [5.74, 6) is 0. The highest BCUT2D eigenvalue weighted by Gasteiger charge is 2.21. The van der Waals surface area contributed by atoms with Crippen molar-refractivity contribution in [1.29, 1.82) is 0 Å². The lowest BCUT2D eigenvalue weighted by atomic mass is 10.1. The fraction of sp³-hybridized carbons (Fsp3) is 0.750. The minimum absolute atomic E-state index is 0.303. The Labute approximate surface area is 94.7 Å². The van der Waals surface area contributed by atoms with Crippen molar-refractivity contribution in [3.63, 3.8) is 0 Å². The molecule has 0 aliphatic heterocycles. The summed E-state index contributed by atoms with van der Waals surface area (Å²) in [7, 11) is 0. The van der Waals surface area contributed by atoms with Crippen molar-refractivity contribution < 1.29 is 18.0 Å². The van der Waals surface area contributed by atoms with E-state index in [0.29, 0.717) is 18.9 Å². The highest BCUT2D eigenvalue weighted by Crippen LogP contribution is 2.17. The minimum Gasteiger partial charge on any atom is -0.303 e. The van der Waals surface area contributed by atoms with Crippen LogP contribution in [0.5, 0.6) is 0 Å². The number of aldehydes is 1. The average Bonchev–Trinajstić information content (AvgIpc) is 2.19. The van der Waals surface area contributed by atoms with E-state index in [0.717, 1.165) is 44.8 Å². The molecule has 0 aromatic heterocycles. The van der Waals surface area contributed by atoms with Gasteiger partial charge in [0.2, 0.25) is 0 Å². The fourth-order valence-corrected chi connectivity index (χ4v) is 1.41. The Hall–Kier alpha value is -0.800. The van der Waals surface area contributed by atoms with Gasteiger partial charge in [-0.1, -0.05) is 31.8 Å². The number of halogens is 3. The molecule has 0 radical (unpaired) electrons. The van der Waals surface area contributed by atoms with E-state index in [9.17, 15) is 18.0 Å². The molecule has 0 bridgehead atoms. The van der Waals surface area contributed by atoms with Crippen LogP contribution >= 0.6 is 0 Å². The molecule has 1 nitrogen and oxygen atoms in total. The van der Waals surface area contributed by atoms with Crippen LogP contribution in [0.1, 0.15) is 51.4 Å². The molecular formula is C12H19F3O. The molecule has 0 heterocycles. The standard InChI is InChI=1S/C12H19F3O/c13-12(14,15)10-8-6-4-2-1-3-5-7-9-11-16/h8,10-11H,1-7,9H2/b10-8+. The zero-order chi connectivity index (χ0) is 12.3. The summed E-state index contributed by atoms with van der Waals surface area (Å²) < 4.78 is 35.1. The van der Waals surface area contributed by atoms with Gasteiger partial charge in [0.1, 0.15) is 6.29 Å². The molecule has 94 valence electrons. The topological polar surface area (TPSA) is 17.1 Å². The maximum atomic E-state index is 11.7. The summed E-state index contributed by atoms with van der Waals surface area (Å²) in [5.41, 5.74) is 0. The molecule has 0 aliphatic carbocycles. The first-order valence-electron chi connectivity index (χ1n) is 5.74. The zero-order valence-electron chi connectivity index (χ0n) is 9.43. The van der Waals surface area contributed by atoms with Crippen molar-refractivity contribution in [1.82, 2.24) is 0 Å². The van der Waals surface area contributed by atoms with Crippen LogP contribution in [0, 0.1) is 0 Å². The van der Waals surface area contributed by atoms with Gasteiger partial charge < -0.3 is 4.79 Å². The second-order valence-corrected chi connectivity index (χ2v) is 3.81. The molecular weight excluding hydrogens is 217 g/mol. The molecule has 4 heteroatoms. The number of hydrogen-bond acceptors (Lipinski definition) is 1. The van der Waals surface area contributed by atoms with Crippen molar-refractivity contribution in [3.05, 3.63) is 12.2 Å². The molecule has 0 rings (SSSR count). The molecule has 0 aliphatic rings. The van der Waals surface area contributed by atoms with Gasteiger partial charge in [-0.2, -0.15) is 13.2 Å². The van der Waals surface area contributed by atoms with E-state index in [-0.39, 0.29) is 0 Å². The number of rotatable bonds is 9. The maximum Gasteiger partial charge on any atom is 0.409 e. The third-order valence-electron chi connectivity index (χ3n) is 2.25. The summed E-state index contributed by atoms with van der Waals surface area (Å²) in [5, 5.41) is 0. The van der Waals surface area contributed by atoms with Gasteiger partial charge in [-0.15, -0.1) is 0 Å². The SMILES string of the molecule is O=CCCCCCCCC/C=C/C(F)(F)F. The summed E-state index contributed by atoms with van der Waals surface area (Å²) in [6.45, 7) is 0. The molecule has 0 saturated carbocycles. The lowest BCUT2D eigenvalue weighted by Gasteiger charge is -1.99. The Kier molecular flexibility index (Phi) is 8.96. The third kappa shape index (κ3) is 13.2. The first-order valence-corrected chi connectivity index (χ1v) is 5.74. The molecule has 0 fully saturated rings. The monoisotopic (exact) mass is 236 g/mol. The van der Waals surface area contributed by atoms with E-state index in [1.54, 1.807) is 0 Å². The maximum absolute atomic E-state index is 11.7. The summed E-state index contributed by atoms with van der Waals surface area (Å²) in [4.78, 5) is 9.99. The summed E-state index contributed by atoms with van der Waals surface area (Å²) >= 11 is 0. The predicted octanol–water partition coefficient (Wildman–Crippen LogP) is 4.42. The Morgan fingerprint density at radius 3 is 1.81 bits per heavy atom. The van der Waals surface area contributed by atoms with Crippen LogP contribution in [0.15, 0.2) is 12.2 Å². The van der Waals surface area contributed by atoms with Crippen LogP contribution in [0.2, 0.25) is 0 Å². The minimum atomic E-state index is -4.17. The lowest BCUT2D eigenvalue weighted by Crippen LogP contribution is -2.00. The van der Waals surface area contributed by atoms with E-state index in [1.807, 2.05) is 0 Å². The fourth-order valence-electron chi connectivity index (χ4n) is 1.41. The number of allylic oxidation sites excluding steroid dienone is 2. The summed E-state index contributed by atoms with van der Waals surface area (Å²) in [6.07, 6.45) is 5.19. The van der Waals surface area contributed by atoms with Gasteiger partial charge in [0.05, 0.1) is 0 Å². The molecule has 16 heavy (non-hydrogen) atoms. The van der Waals surface area contributed by atoms with E-state index in [2.05, 4.69) is 0 Å². The van der Waals surface area contributed by atoms with Crippen molar-refractivity contribution in [2.24, 2.45) is 0 Å². The number of hydrogen-bond donors (Lipinski definition) is 0. The molecule has 0 saturated heterocycles. The molecule has 0 N–H and O–H groups in total. The van der Waals surface area contributed by atoms with Crippen molar-refractivity contribution in [2.75, 3.05) is 0 Å². The number of unbranched alkanes of at least 4 members (excludes halogenated alkanes) is 7. The lowest BCUT2D eigenvalue weighted by molar-refractivity contribution is -0.107. The number of carbonyl (C=O) groups excluding carboxylic acids is 1. The average molecular weight is 236 g/mol. The largest absolute Gasteiger partial charge is 0.409 e. The number of alkyl halides is 3. The number of carbonyl (C=O) groups is 1. The molecule has 0 spiro atoms. The Balaban J connectivity index is 3.16. The van der Waals surface area contributed by atoms with Crippen LogP contribution in [0.3, 0.4) is 0 Å². The Bertz CT molecular complexity index is 197. The van der Waals surface area contributed by atoms with Crippen LogP contribution in [-0.4, -0.2) is 12.5 Å². The molecule has 0 amide bonds. The Morgan fingerprint density at radius 1 is 0.812 bits per heavy atom. The van der Waals surface area contributed by atoms with Crippen molar-refractivity contribution in [2.45, 2.75) is 57.5 Å². The van der Waals surface area contributed by atoms with Gasteiger partial charge in [-0.25, -0.2) is 0 Å². The molecule has 0 atom stereocenters. The molecule has 0 aromatic carbocycles. The van der Waals surface area contributed by atoms with Gasteiger partial charge in [0.15, 0.2) is 0 Å².